The van der Waals surface area contributed by atoms with Crippen LogP contribution in [0.3, 0.4) is 0 Å². The number of nitrogens with zero attached hydrogens (tertiary/aromatic N) is 1. The third-order valence-electron chi connectivity index (χ3n) is 4.20. The number of likely N-dealkylation sites (tertiary alicyclic amines) is 1. The van der Waals surface area contributed by atoms with Crippen molar-refractivity contribution in [3.05, 3.63) is 29.8 Å². The van der Waals surface area contributed by atoms with Crippen LogP contribution in [-0.2, 0) is 0 Å². The number of piperidine rings is 1. The fourth-order valence-corrected chi connectivity index (χ4v) is 2.54. The van der Waals surface area contributed by atoms with Crippen molar-refractivity contribution in [2.45, 2.75) is 46.1 Å². The van der Waals surface area contributed by atoms with Gasteiger partial charge in [0.15, 0.2) is 0 Å². The van der Waals surface area contributed by atoms with Gasteiger partial charge in [0.2, 0.25) is 0 Å². The first-order valence-corrected chi connectivity index (χ1v) is 8.78. The van der Waals surface area contributed by atoms with Gasteiger partial charge in [0.25, 0.3) is 5.91 Å². The molecular weight excluding hydrogens is 320 g/mol. The van der Waals surface area contributed by atoms with E-state index in [2.05, 4.69) is 26.1 Å². The Bertz CT molecular complexity index is 584. The Balaban J connectivity index is 1.82. The molecule has 1 aliphatic rings. The summed E-state index contributed by atoms with van der Waals surface area (Å²) in [5.41, 5.74) is 0.713. The number of nitrogens with one attached hydrogen (secondary N) is 1. The van der Waals surface area contributed by atoms with Gasteiger partial charge in [-0.15, -0.1) is 0 Å². The monoisotopic (exact) mass is 348 g/mol. The molecule has 25 heavy (non-hydrogen) atoms. The number of benzene rings is 1. The summed E-state index contributed by atoms with van der Waals surface area (Å²) < 4.78 is 5.32. The zero-order valence-electron chi connectivity index (χ0n) is 15.2. The molecule has 1 saturated heterocycles. The van der Waals surface area contributed by atoms with E-state index in [0.29, 0.717) is 43.8 Å². The van der Waals surface area contributed by atoms with Crippen LogP contribution in [-0.4, -0.2) is 47.7 Å². The number of amides is 2. The van der Waals surface area contributed by atoms with Gasteiger partial charge in [-0.3, -0.25) is 4.79 Å². The van der Waals surface area contributed by atoms with Crippen LogP contribution in [0.2, 0.25) is 0 Å². The van der Waals surface area contributed by atoms with E-state index in [0.717, 1.165) is 6.42 Å². The number of aliphatic hydroxyl groups excluding tert-OH is 1. The van der Waals surface area contributed by atoms with E-state index < -0.39 is 6.09 Å². The second-order valence-corrected chi connectivity index (χ2v) is 7.68. The first kappa shape index (κ1) is 19.2. The zero-order chi connectivity index (χ0) is 18.4. The Kier molecular flexibility index (Phi) is 6.42. The summed E-state index contributed by atoms with van der Waals surface area (Å²) in [6, 6.07) is 6.54. The molecule has 1 heterocycles. The van der Waals surface area contributed by atoms with E-state index in [1.165, 1.54) is 0 Å². The van der Waals surface area contributed by atoms with E-state index in [1.54, 1.807) is 29.2 Å². The zero-order valence-corrected chi connectivity index (χ0v) is 15.2. The van der Waals surface area contributed by atoms with Crippen LogP contribution in [0.5, 0.6) is 5.75 Å². The van der Waals surface area contributed by atoms with Gasteiger partial charge in [-0.25, -0.2) is 4.79 Å². The molecule has 0 radical (unpaired) electrons. The average molecular weight is 348 g/mol. The van der Waals surface area contributed by atoms with Gasteiger partial charge in [-0.2, -0.15) is 0 Å². The van der Waals surface area contributed by atoms with Crippen LogP contribution in [0.25, 0.3) is 0 Å². The molecule has 0 aliphatic carbocycles. The predicted octanol–water partition coefficient (Wildman–Crippen LogP) is 2.81. The summed E-state index contributed by atoms with van der Waals surface area (Å²) in [5.74, 6) is 0.273. The van der Waals surface area contributed by atoms with E-state index in [4.69, 9.17) is 4.74 Å². The standard InChI is InChI=1S/C19H28N2O4/c1-19(2,3)10-11-20-17(23)14-4-6-16(7-5-14)25-18(24)21-12-8-15(22)9-13-21/h4-7,15,22H,8-13H2,1-3H3,(H,20,23). The fourth-order valence-electron chi connectivity index (χ4n) is 2.54. The van der Waals surface area contributed by atoms with Crippen LogP contribution in [0.4, 0.5) is 4.79 Å². The minimum absolute atomic E-state index is 0.132. The normalized spacial score (nSPS) is 15.8. The Morgan fingerprint density at radius 3 is 2.36 bits per heavy atom. The molecule has 0 bridgehead atoms. The lowest BCUT2D eigenvalue weighted by Gasteiger charge is -2.28. The highest BCUT2D eigenvalue weighted by Crippen LogP contribution is 2.18. The molecule has 6 nitrogen and oxygen atoms in total. The largest absolute Gasteiger partial charge is 0.415 e. The first-order chi connectivity index (χ1) is 11.7. The number of carbonyl (C=O) groups excluding carboxylic acids is 2. The molecule has 2 amide bonds. The van der Waals surface area contributed by atoms with Gasteiger partial charge in [0.1, 0.15) is 5.75 Å². The maximum atomic E-state index is 12.1. The SMILES string of the molecule is CC(C)(C)CCNC(=O)c1ccc(OC(=O)N2CCC(O)CC2)cc1. The molecule has 0 aromatic heterocycles. The Labute approximate surface area is 149 Å². The van der Waals surface area contributed by atoms with Crippen molar-refractivity contribution in [3.8, 4) is 5.75 Å². The maximum absolute atomic E-state index is 12.1. The molecule has 2 N–H and O–H groups in total. The quantitative estimate of drug-likeness (QED) is 0.877. The number of ether oxygens (including phenoxy) is 1. The lowest BCUT2D eigenvalue weighted by atomic mass is 9.92. The molecule has 0 spiro atoms. The van der Waals surface area contributed by atoms with E-state index in [-0.39, 0.29) is 17.4 Å². The number of hydrogen-bond donors (Lipinski definition) is 2. The van der Waals surface area contributed by atoms with E-state index in [1.807, 2.05) is 0 Å². The van der Waals surface area contributed by atoms with Crippen molar-refractivity contribution >= 4 is 12.0 Å². The fraction of sp³-hybridized carbons (Fsp3) is 0.579. The van der Waals surface area contributed by atoms with Crippen molar-refractivity contribution in [1.29, 1.82) is 0 Å². The second-order valence-electron chi connectivity index (χ2n) is 7.68. The number of rotatable bonds is 4. The maximum Gasteiger partial charge on any atom is 0.415 e. The predicted molar refractivity (Wildman–Crippen MR) is 95.7 cm³/mol. The molecule has 0 saturated carbocycles. The number of carbonyl (C=O) groups is 2. The summed E-state index contributed by atoms with van der Waals surface area (Å²) >= 11 is 0. The molecule has 0 unspecified atom stereocenters. The van der Waals surface area contributed by atoms with E-state index >= 15 is 0 Å². The smallest absolute Gasteiger partial charge is 0.410 e. The highest BCUT2D eigenvalue weighted by Gasteiger charge is 2.22. The van der Waals surface area contributed by atoms with Crippen LogP contribution in [0.1, 0.15) is 50.4 Å². The molecule has 2 rings (SSSR count). The van der Waals surface area contributed by atoms with Gasteiger partial charge >= 0.3 is 6.09 Å². The Hall–Kier alpha value is -2.08. The van der Waals surface area contributed by atoms with Crippen LogP contribution >= 0.6 is 0 Å². The summed E-state index contributed by atoms with van der Waals surface area (Å²) in [4.78, 5) is 25.7. The summed E-state index contributed by atoms with van der Waals surface area (Å²) in [5, 5.41) is 12.4. The Morgan fingerprint density at radius 2 is 1.80 bits per heavy atom. The summed E-state index contributed by atoms with van der Waals surface area (Å²) in [6.07, 6.45) is 1.29. The van der Waals surface area contributed by atoms with Gasteiger partial charge in [-0.05, 0) is 48.9 Å². The number of hydrogen-bond acceptors (Lipinski definition) is 4. The molecule has 0 atom stereocenters. The van der Waals surface area contributed by atoms with Gasteiger partial charge in [-0.1, -0.05) is 20.8 Å². The minimum atomic E-state index is -0.422. The molecule has 6 heteroatoms. The van der Waals surface area contributed by atoms with Gasteiger partial charge < -0.3 is 20.1 Å². The third-order valence-corrected chi connectivity index (χ3v) is 4.20. The topological polar surface area (TPSA) is 78.9 Å². The van der Waals surface area contributed by atoms with Crippen molar-refractivity contribution < 1.29 is 19.4 Å². The van der Waals surface area contributed by atoms with Crippen molar-refractivity contribution in [2.75, 3.05) is 19.6 Å². The second kappa shape index (κ2) is 8.34. The molecular formula is C19H28N2O4. The van der Waals surface area contributed by atoms with Crippen molar-refractivity contribution in [1.82, 2.24) is 10.2 Å². The highest BCUT2D eigenvalue weighted by molar-refractivity contribution is 5.94. The average Bonchev–Trinajstić information content (AvgIpc) is 2.54. The molecule has 1 aliphatic heterocycles. The molecule has 1 aromatic rings. The summed E-state index contributed by atoms with van der Waals surface area (Å²) in [7, 11) is 0. The lowest BCUT2D eigenvalue weighted by Crippen LogP contribution is -2.41. The van der Waals surface area contributed by atoms with Crippen LogP contribution < -0.4 is 10.1 Å². The number of aliphatic hydroxyl groups is 1. The minimum Gasteiger partial charge on any atom is -0.410 e. The van der Waals surface area contributed by atoms with Gasteiger partial charge in [0, 0.05) is 25.2 Å². The van der Waals surface area contributed by atoms with Crippen LogP contribution in [0, 0.1) is 5.41 Å². The van der Waals surface area contributed by atoms with Crippen molar-refractivity contribution in [3.63, 3.8) is 0 Å². The van der Waals surface area contributed by atoms with Crippen LogP contribution in [0.15, 0.2) is 24.3 Å². The Morgan fingerprint density at radius 1 is 1.20 bits per heavy atom. The third kappa shape index (κ3) is 6.38. The molecule has 138 valence electrons. The van der Waals surface area contributed by atoms with E-state index in [9.17, 15) is 14.7 Å². The first-order valence-electron chi connectivity index (χ1n) is 8.78. The highest BCUT2D eigenvalue weighted by atomic mass is 16.6. The summed E-state index contributed by atoms with van der Waals surface area (Å²) in [6.45, 7) is 8.00. The van der Waals surface area contributed by atoms with Gasteiger partial charge in [0.05, 0.1) is 6.10 Å². The molecule has 1 aromatic carbocycles. The lowest BCUT2D eigenvalue weighted by molar-refractivity contribution is 0.0798. The molecule has 1 fully saturated rings. The van der Waals surface area contributed by atoms with Crippen molar-refractivity contribution in [2.24, 2.45) is 5.41 Å².